The van der Waals surface area contributed by atoms with E-state index in [0.717, 1.165) is 12.0 Å². The summed E-state index contributed by atoms with van der Waals surface area (Å²) in [6.07, 6.45) is 0.810. The Labute approximate surface area is 95.7 Å². The quantitative estimate of drug-likeness (QED) is 0.843. The van der Waals surface area contributed by atoms with Crippen LogP contribution in [0, 0.1) is 11.7 Å². The molecule has 0 spiro atoms. The van der Waals surface area contributed by atoms with E-state index in [4.69, 9.17) is 10.8 Å². The number of hydrogen-bond acceptors (Lipinski definition) is 2. The molecule has 0 unspecified atom stereocenters. The first-order valence-corrected chi connectivity index (χ1v) is 4.74. The average molecular weight is 234 g/mol. The summed E-state index contributed by atoms with van der Waals surface area (Å²) in [6.45, 7) is 4.13. The maximum Gasteiger partial charge on any atom is 0.165 e. The van der Waals surface area contributed by atoms with E-state index in [-0.39, 0.29) is 24.2 Å². The highest BCUT2D eigenvalue weighted by Crippen LogP contribution is 2.23. The Morgan fingerprint density at radius 3 is 2.47 bits per heavy atom. The van der Waals surface area contributed by atoms with E-state index in [1.165, 1.54) is 12.1 Å². The molecule has 2 nitrogen and oxygen atoms in total. The molecule has 1 rings (SSSR count). The molecule has 15 heavy (non-hydrogen) atoms. The minimum atomic E-state index is -0.610. The highest BCUT2D eigenvalue weighted by Gasteiger charge is 2.10. The summed E-state index contributed by atoms with van der Waals surface area (Å²) in [5, 5.41) is 8.99. The lowest BCUT2D eigenvalue weighted by Crippen LogP contribution is -2.12. The van der Waals surface area contributed by atoms with Crippen molar-refractivity contribution in [2.45, 2.75) is 26.3 Å². The fourth-order valence-corrected chi connectivity index (χ4v) is 1.40. The summed E-state index contributed by atoms with van der Waals surface area (Å²) < 4.78 is 13.0. The first kappa shape index (κ1) is 14.2. The van der Waals surface area contributed by atoms with Crippen LogP contribution in [0.25, 0.3) is 0 Å². The SMILES string of the molecule is CC(C)C[C@@H](N)c1ccc(O)c(F)c1.Cl. The third kappa shape index (κ3) is 4.06. The summed E-state index contributed by atoms with van der Waals surface area (Å²) in [5.41, 5.74) is 6.60. The maximum absolute atomic E-state index is 13.0. The Morgan fingerprint density at radius 2 is 2.00 bits per heavy atom. The van der Waals surface area contributed by atoms with Crippen LogP contribution in [0.3, 0.4) is 0 Å². The molecule has 1 aromatic rings. The van der Waals surface area contributed by atoms with E-state index in [2.05, 4.69) is 13.8 Å². The Kier molecular flexibility index (Phi) is 5.61. The molecule has 0 aromatic heterocycles. The Morgan fingerprint density at radius 1 is 1.40 bits per heavy atom. The second kappa shape index (κ2) is 5.93. The van der Waals surface area contributed by atoms with Crippen molar-refractivity contribution < 1.29 is 9.50 Å². The van der Waals surface area contributed by atoms with Gasteiger partial charge in [0.2, 0.25) is 0 Å². The molecule has 0 amide bonds. The molecule has 0 aliphatic carbocycles. The van der Waals surface area contributed by atoms with Crippen LogP contribution < -0.4 is 5.73 Å². The van der Waals surface area contributed by atoms with Crippen molar-refractivity contribution in [1.29, 1.82) is 0 Å². The van der Waals surface area contributed by atoms with Crippen molar-refractivity contribution in [1.82, 2.24) is 0 Å². The second-order valence-electron chi connectivity index (χ2n) is 3.95. The Bertz CT molecular complexity index is 317. The van der Waals surface area contributed by atoms with E-state index < -0.39 is 5.82 Å². The number of aromatic hydroxyl groups is 1. The molecule has 0 saturated carbocycles. The normalized spacial score (nSPS) is 12.3. The molecule has 0 bridgehead atoms. The number of phenols is 1. The predicted octanol–water partition coefficient (Wildman–Crippen LogP) is 3.00. The van der Waals surface area contributed by atoms with Crippen LogP contribution in [0.1, 0.15) is 31.9 Å². The minimum absolute atomic E-state index is 0. The van der Waals surface area contributed by atoms with Crippen molar-refractivity contribution in [2.75, 3.05) is 0 Å². The standard InChI is InChI=1S/C11H16FNO.ClH/c1-7(2)5-10(13)8-3-4-11(14)9(12)6-8;/h3-4,6-7,10,14H,5,13H2,1-2H3;1H/t10-;/m1./s1. The summed E-state index contributed by atoms with van der Waals surface area (Å²) in [6, 6.07) is 4.13. The van der Waals surface area contributed by atoms with Gasteiger partial charge >= 0.3 is 0 Å². The van der Waals surface area contributed by atoms with Gasteiger partial charge in [-0.05, 0) is 30.0 Å². The lowest BCUT2D eigenvalue weighted by Gasteiger charge is -2.14. The molecule has 0 aliphatic heterocycles. The monoisotopic (exact) mass is 233 g/mol. The zero-order valence-electron chi connectivity index (χ0n) is 8.90. The molecule has 3 N–H and O–H groups in total. The van der Waals surface area contributed by atoms with E-state index in [1.54, 1.807) is 6.07 Å². The second-order valence-corrected chi connectivity index (χ2v) is 3.95. The van der Waals surface area contributed by atoms with E-state index >= 15 is 0 Å². The van der Waals surface area contributed by atoms with Crippen molar-refractivity contribution in [3.05, 3.63) is 29.6 Å². The lowest BCUT2D eigenvalue weighted by atomic mass is 9.98. The Hall–Kier alpha value is -0.800. The average Bonchev–Trinajstić information content (AvgIpc) is 2.08. The van der Waals surface area contributed by atoms with Gasteiger partial charge in [-0.25, -0.2) is 4.39 Å². The van der Waals surface area contributed by atoms with Gasteiger partial charge in [-0.15, -0.1) is 12.4 Å². The third-order valence-corrected chi connectivity index (χ3v) is 2.13. The smallest absolute Gasteiger partial charge is 0.165 e. The van der Waals surface area contributed by atoms with Gasteiger partial charge in [0, 0.05) is 6.04 Å². The molecule has 0 heterocycles. The number of phenolic OH excluding ortho intramolecular Hbond substituents is 1. The molecular weight excluding hydrogens is 217 g/mol. The predicted molar refractivity (Wildman–Crippen MR) is 61.7 cm³/mol. The number of halogens is 2. The van der Waals surface area contributed by atoms with E-state index in [1.807, 2.05) is 0 Å². The molecule has 1 atom stereocenters. The van der Waals surface area contributed by atoms with Gasteiger partial charge in [0.1, 0.15) is 0 Å². The molecular formula is C11H17ClFNO. The highest BCUT2D eigenvalue weighted by atomic mass is 35.5. The minimum Gasteiger partial charge on any atom is -0.505 e. The van der Waals surface area contributed by atoms with Crippen molar-refractivity contribution in [2.24, 2.45) is 11.7 Å². The van der Waals surface area contributed by atoms with E-state index in [0.29, 0.717) is 5.92 Å². The summed E-state index contributed by atoms with van der Waals surface area (Å²) in [5.74, 6) is -0.464. The number of benzene rings is 1. The van der Waals surface area contributed by atoms with E-state index in [9.17, 15) is 4.39 Å². The first-order valence-electron chi connectivity index (χ1n) is 4.74. The first-order chi connectivity index (χ1) is 6.50. The van der Waals surface area contributed by atoms with Crippen LogP contribution in [0.2, 0.25) is 0 Å². The summed E-state index contributed by atoms with van der Waals surface area (Å²) >= 11 is 0. The highest BCUT2D eigenvalue weighted by molar-refractivity contribution is 5.85. The molecule has 4 heteroatoms. The zero-order valence-corrected chi connectivity index (χ0v) is 9.72. The van der Waals surface area contributed by atoms with Gasteiger partial charge in [0.05, 0.1) is 0 Å². The van der Waals surface area contributed by atoms with Crippen molar-refractivity contribution in [3.63, 3.8) is 0 Å². The zero-order chi connectivity index (χ0) is 10.7. The number of nitrogens with two attached hydrogens (primary N) is 1. The summed E-state index contributed by atoms with van der Waals surface area (Å²) in [4.78, 5) is 0. The van der Waals surface area contributed by atoms with Crippen LogP contribution in [0.15, 0.2) is 18.2 Å². The fraction of sp³-hybridized carbons (Fsp3) is 0.455. The topological polar surface area (TPSA) is 46.2 Å². The van der Waals surface area contributed by atoms with Crippen LogP contribution in [-0.4, -0.2) is 5.11 Å². The maximum atomic E-state index is 13.0. The lowest BCUT2D eigenvalue weighted by molar-refractivity contribution is 0.430. The van der Waals surface area contributed by atoms with Crippen LogP contribution >= 0.6 is 12.4 Å². The largest absolute Gasteiger partial charge is 0.505 e. The van der Waals surface area contributed by atoms with Gasteiger partial charge in [0.25, 0.3) is 0 Å². The molecule has 86 valence electrons. The van der Waals surface area contributed by atoms with Gasteiger partial charge in [-0.3, -0.25) is 0 Å². The third-order valence-electron chi connectivity index (χ3n) is 2.13. The van der Waals surface area contributed by atoms with Crippen LogP contribution in [0.5, 0.6) is 5.75 Å². The summed E-state index contributed by atoms with van der Waals surface area (Å²) in [7, 11) is 0. The molecule has 0 saturated heterocycles. The van der Waals surface area contributed by atoms with Crippen molar-refractivity contribution >= 4 is 12.4 Å². The van der Waals surface area contributed by atoms with Gasteiger partial charge < -0.3 is 10.8 Å². The van der Waals surface area contributed by atoms with Gasteiger partial charge in [-0.2, -0.15) is 0 Å². The molecule has 1 aromatic carbocycles. The molecule has 0 radical (unpaired) electrons. The molecule has 0 aliphatic rings. The Balaban J connectivity index is 0.00000196. The van der Waals surface area contributed by atoms with Gasteiger partial charge in [0.15, 0.2) is 11.6 Å². The van der Waals surface area contributed by atoms with Crippen LogP contribution in [-0.2, 0) is 0 Å². The number of hydrogen-bond donors (Lipinski definition) is 2. The molecule has 0 fully saturated rings. The van der Waals surface area contributed by atoms with Crippen molar-refractivity contribution in [3.8, 4) is 5.75 Å². The number of rotatable bonds is 3. The van der Waals surface area contributed by atoms with Gasteiger partial charge in [-0.1, -0.05) is 19.9 Å². The fourth-order valence-electron chi connectivity index (χ4n) is 1.40. The van der Waals surface area contributed by atoms with Crippen LogP contribution in [0.4, 0.5) is 4.39 Å².